The van der Waals surface area contributed by atoms with Crippen LogP contribution in [-0.2, 0) is 21.2 Å². The zero-order chi connectivity index (χ0) is 20.6. The van der Waals surface area contributed by atoms with Crippen molar-refractivity contribution in [1.29, 1.82) is 0 Å². The normalized spacial score (nSPS) is 18.2. The lowest BCUT2D eigenvalue weighted by molar-refractivity contribution is -0.137. The lowest BCUT2D eigenvalue weighted by Crippen LogP contribution is -2.47. The van der Waals surface area contributed by atoms with Gasteiger partial charge in [0.15, 0.2) is 0 Å². The molecule has 0 aliphatic carbocycles. The van der Waals surface area contributed by atoms with E-state index in [4.69, 9.17) is 0 Å². The highest BCUT2D eigenvalue weighted by Gasteiger charge is 2.48. The maximum Gasteiger partial charge on any atom is 0.416 e. The van der Waals surface area contributed by atoms with E-state index in [1.165, 1.54) is 30.4 Å². The molecule has 1 saturated heterocycles. The third-order valence-corrected chi connectivity index (χ3v) is 5.73. The van der Waals surface area contributed by atoms with Gasteiger partial charge >= 0.3 is 6.18 Å². The van der Waals surface area contributed by atoms with E-state index < -0.39 is 17.2 Å². The van der Waals surface area contributed by atoms with Crippen molar-refractivity contribution in [2.75, 3.05) is 18.4 Å². The first-order valence-electron chi connectivity index (χ1n) is 9.35. The highest BCUT2D eigenvalue weighted by Crippen LogP contribution is 2.44. The summed E-state index contributed by atoms with van der Waals surface area (Å²) in [6.07, 6.45) is -1.15. The molecule has 1 fully saturated rings. The number of hydrogen-bond acceptors (Lipinski definition) is 2. The number of likely N-dealkylation sites (tertiary alicyclic amines) is 1. The number of carbonyl (C=O) groups excluding carboxylic acids is 2. The Morgan fingerprint density at radius 3 is 2.41 bits per heavy atom. The first-order chi connectivity index (χ1) is 13.8. The highest BCUT2D eigenvalue weighted by atomic mass is 19.4. The number of amides is 2. The Balaban J connectivity index is 1.47. The number of carbonyl (C=O) groups is 2. The van der Waals surface area contributed by atoms with Crippen LogP contribution in [0.15, 0.2) is 54.6 Å². The summed E-state index contributed by atoms with van der Waals surface area (Å²) in [5.74, 6) is -0.413. The van der Waals surface area contributed by atoms with Gasteiger partial charge in [-0.15, -0.1) is 0 Å². The molecule has 0 atom stereocenters. The summed E-state index contributed by atoms with van der Waals surface area (Å²) >= 11 is 0. The number of piperidine rings is 1. The van der Waals surface area contributed by atoms with E-state index in [0.29, 0.717) is 25.9 Å². The van der Waals surface area contributed by atoms with Crippen molar-refractivity contribution >= 4 is 23.6 Å². The summed E-state index contributed by atoms with van der Waals surface area (Å²) in [6, 6.07) is 12.7. The number of halogens is 3. The second-order valence-electron chi connectivity index (χ2n) is 7.33. The average molecular weight is 400 g/mol. The zero-order valence-electron chi connectivity index (χ0n) is 15.5. The number of alkyl halides is 3. The standard InChI is InChI=1S/C22H19F3N2O2/c23-22(24,25)16-6-2-1-5-15(16)9-10-19(28)27-13-11-21(12-14-27)17-7-3-4-8-18(17)26-20(21)29/h1-10H,11-14H2,(H,26,29). The Hall–Kier alpha value is -3.09. The Bertz CT molecular complexity index is 990. The number of nitrogens with one attached hydrogen (secondary N) is 1. The maximum absolute atomic E-state index is 13.1. The van der Waals surface area contributed by atoms with Crippen LogP contribution in [0, 0.1) is 0 Å². The monoisotopic (exact) mass is 400 g/mol. The first-order valence-corrected chi connectivity index (χ1v) is 9.35. The molecule has 0 saturated carbocycles. The maximum atomic E-state index is 13.1. The minimum absolute atomic E-state index is 0.0501. The third-order valence-electron chi connectivity index (χ3n) is 5.73. The lowest BCUT2D eigenvalue weighted by atomic mass is 9.73. The molecule has 4 nitrogen and oxygen atoms in total. The average Bonchev–Trinajstić information content (AvgIpc) is 2.98. The molecule has 1 spiro atoms. The quantitative estimate of drug-likeness (QED) is 0.767. The predicted molar refractivity (Wildman–Crippen MR) is 103 cm³/mol. The van der Waals surface area contributed by atoms with E-state index in [0.717, 1.165) is 17.3 Å². The van der Waals surface area contributed by atoms with Crippen LogP contribution in [-0.4, -0.2) is 29.8 Å². The van der Waals surface area contributed by atoms with Gasteiger partial charge in [0.1, 0.15) is 0 Å². The molecule has 2 heterocycles. The molecule has 0 unspecified atom stereocenters. The van der Waals surface area contributed by atoms with Crippen molar-refractivity contribution in [3.05, 3.63) is 71.3 Å². The van der Waals surface area contributed by atoms with Crippen molar-refractivity contribution in [3.8, 4) is 0 Å². The number of hydrogen-bond donors (Lipinski definition) is 1. The van der Waals surface area contributed by atoms with Crippen LogP contribution in [0.5, 0.6) is 0 Å². The molecular formula is C22H19F3N2O2. The van der Waals surface area contributed by atoms with Gasteiger partial charge in [-0.1, -0.05) is 36.4 Å². The van der Waals surface area contributed by atoms with Gasteiger partial charge in [-0.25, -0.2) is 0 Å². The van der Waals surface area contributed by atoms with Crippen LogP contribution in [0.1, 0.15) is 29.5 Å². The van der Waals surface area contributed by atoms with Gasteiger partial charge in [-0.3, -0.25) is 9.59 Å². The molecule has 1 N–H and O–H groups in total. The second-order valence-corrected chi connectivity index (χ2v) is 7.33. The summed E-state index contributed by atoms with van der Waals surface area (Å²) in [4.78, 5) is 26.7. The minimum atomic E-state index is -4.48. The topological polar surface area (TPSA) is 49.4 Å². The smallest absolute Gasteiger partial charge is 0.339 e. The fraction of sp³-hybridized carbons (Fsp3) is 0.273. The number of para-hydroxylation sites is 1. The Kier molecular flexibility index (Phi) is 4.68. The molecule has 2 aliphatic heterocycles. The van der Waals surface area contributed by atoms with Gasteiger partial charge in [0.05, 0.1) is 11.0 Å². The third kappa shape index (κ3) is 3.41. The van der Waals surface area contributed by atoms with Gasteiger partial charge in [-0.05, 0) is 42.2 Å². The number of rotatable bonds is 2. The molecule has 29 heavy (non-hydrogen) atoms. The van der Waals surface area contributed by atoms with E-state index in [1.807, 2.05) is 24.3 Å². The van der Waals surface area contributed by atoms with Crippen LogP contribution < -0.4 is 5.32 Å². The summed E-state index contributed by atoms with van der Waals surface area (Å²) in [6.45, 7) is 0.734. The van der Waals surface area contributed by atoms with E-state index in [2.05, 4.69) is 5.32 Å². The van der Waals surface area contributed by atoms with Gasteiger partial charge in [0.25, 0.3) is 0 Å². The molecule has 2 aromatic carbocycles. The Labute approximate surface area is 166 Å². The Morgan fingerprint density at radius 1 is 1.03 bits per heavy atom. The number of anilines is 1. The fourth-order valence-corrected chi connectivity index (χ4v) is 4.15. The van der Waals surface area contributed by atoms with Gasteiger partial charge < -0.3 is 10.2 Å². The molecule has 2 aromatic rings. The van der Waals surface area contributed by atoms with Crippen molar-refractivity contribution in [3.63, 3.8) is 0 Å². The van der Waals surface area contributed by atoms with Crippen molar-refractivity contribution in [1.82, 2.24) is 4.90 Å². The van der Waals surface area contributed by atoms with Crippen LogP contribution in [0.2, 0.25) is 0 Å². The summed E-state index contributed by atoms with van der Waals surface area (Å²) < 4.78 is 39.3. The van der Waals surface area contributed by atoms with Crippen LogP contribution in [0.3, 0.4) is 0 Å². The van der Waals surface area contributed by atoms with Gasteiger partial charge in [0, 0.05) is 24.9 Å². The summed E-state index contributed by atoms with van der Waals surface area (Å²) in [5.41, 5.74) is 0.291. The van der Waals surface area contributed by atoms with Gasteiger partial charge in [-0.2, -0.15) is 13.2 Å². The number of benzene rings is 2. The lowest BCUT2D eigenvalue weighted by Gasteiger charge is -2.37. The largest absolute Gasteiger partial charge is 0.416 e. The Morgan fingerprint density at radius 2 is 1.69 bits per heavy atom. The SMILES string of the molecule is O=C(C=Cc1ccccc1C(F)(F)F)N1CCC2(CC1)C(=O)Nc1ccccc12. The molecular weight excluding hydrogens is 381 g/mol. The molecule has 0 bridgehead atoms. The first kappa shape index (κ1) is 19.2. The van der Waals surface area contributed by atoms with E-state index in [-0.39, 0.29) is 17.4 Å². The van der Waals surface area contributed by atoms with Crippen LogP contribution in [0.25, 0.3) is 6.08 Å². The number of nitrogens with zero attached hydrogens (tertiary/aromatic N) is 1. The highest BCUT2D eigenvalue weighted by molar-refractivity contribution is 6.06. The van der Waals surface area contributed by atoms with Crippen molar-refractivity contribution < 1.29 is 22.8 Å². The molecule has 0 aromatic heterocycles. The second kappa shape index (κ2) is 7.06. The summed E-state index contributed by atoms with van der Waals surface area (Å²) in [7, 11) is 0. The van der Waals surface area contributed by atoms with Crippen molar-refractivity contribution in [2.24, 2.45) is 0 Å². The van der Waals surface area contributed by atoms with Crippen molar-refractivity contribution in [2.45, 2.75) is 24.4 Å². The van der Waals surface area contributed by atoms with E-state index in [1.54, 1.807) is 4.90 Å². The molecule has 7 heteroatoms. The minimum Gasteiger partial charge on any atom is -0.339 e. The molecule has 2 amide bonds. The molecule has 0 radical (unpaired) electrons. The number of fused-ring (bicyclic) bond motifs is 2. The zero-order valence-corrected chi connectivity index (χ0v) is 15.5. The molecule has 150 valence electrons. The van der Waals surface area contributed by atoms with E-state index >= 15 is 0 Å². The van der Waals surface area contributed by atoms with E-state index in [9.17, 15) is 22.8 Å². The summed E-state index contributed by atoms with van der Waals surface area (Å²) in [5, 5.41) is 2.91. The van der Waals surface area contributed by atoms with Gasteiger partial charge in [0.2, 0.25) is 11.8 Å². The fourth-order valence-electron chi connectivity index (χ4n) is 4.15. The van der Waals surface area contributed by atoms with Crippen LogP contribution >= 0.6 is 0 Å². The van der Waals surface area contributed by atoms with Crippen LogP contribution in [0.4, 0.5) is 18.9 Å². The molecule has 2 aliphatic rings. The predicted octanol–water partition coefficient (Wildman–Crippen LogP) is 4.23. The molecule has 4 rings (SSSR count).